The SMILES string of the molecule is COC(=O)C1=C(C)N=c2s/c(=C\c3ccc(-c4ccc(F)cc4)o3)c(=O)n2[C@H]1c1ccccc1. The van der Waals surface area contributed by atoms with Crippen LogP contribution in [0, 0.1) is 5.82 Å². The molecular weight excluding hydrogens is 455 g/mol. The molecule has 2 aromatic carbocycles. The van der Waals surface area contributed by atoms with Crippen molar-refractivity contribution in [2.24, 2.45) is 4.99 Å². The van der Waals surface area contributed by atoms with Crippen molar-refractivity contribution in [3.63, 3.8) is 0 Å². The minimum atomic E-state index is -0.654. The number of aromatic nitrogens is 1. The zero-order valence-electron chi connectivity index (χ0n) is 18.3. The fourth-order valence-electron chi connectivity index (χ4n) is 3.97. The van der Waals surface area contributed by atoms with Gasteiger partial charge in [0.15, 0.2) is 4.80 Å². The highest BCUT2D eigenvalue weighted by Gasteiger charge is 2.32. The van der Waals surface area contributed by atoms with Gasteiger partial charge in [-0.1, -0.05) is 41.7 Å². The Morgan fingerprint density at radius 2 is 1.85 bits per heavy atom. The second kappa shape index (κ2) is 8.72. The van der Waals surface area contributed by atoms with Gasteiger partial charge in [0.1, 0.15) is 17.3 Å². The normalized spacial score (nSPS) is 15.7. The van der Waals surface area contributed by atoms with Crippen LogP contribution in [-0.4, -0.2) is 17.6 Å². The van der Waals surface area contributed by atoms with Gasteiger partial charge in [0.05, 0.1) is 29.0 Å². The van der Waals surface area contributed by atoms with Crippen molar-refractivity contribution >= 4 is 23.4 Å². The Hall–Kier alpha value is -4.04. The van der Waals surface area contributed by atoms with Gasteiger partial charge in [0.2, 0.25) is 0 Å². The number of carbonyl (C=O) groups is 1. The second-order valence-corrected chi connectivity index (χ2v) is 8.70. The lowest BCUT2D eigenvalue weighted by molar-refractivity contribution is -0.136. The lowest BCUT2D eigenvalue weighted by Gasteiger charge is -2.24. The summed E-state index contributed by atoms with van der Waals surface area (Å²) in [6.07, 6.45) is 1.65. The number of ether oxygens (including phenoxy) is 1. The molecule has 170 valence electrons. The summed E-state index contributed by atoms with van der Waals surface area (Å²) < 4.78 is 26.0. The van der Waals surface area contributed by atoms with Gasteiger partial charge in [-0.05, 0) is 48.9 Å². The number of rotatable bonds is 4. The fourth-order valence-corrected chi connectivity index (χ4v) is 5.00. The van der Waals surface area contributed by atoms with Crippen molar-refractivity contribution < 1.29 is 18.3 Å². The number of methoxy groups -OCH3 is 1. The highest BCUT2D eigenvalue weighted by molar-refractivity contribution is 7.07. The number of fused-ring (bicyclic) bond motifs is 1. The summed E-state index contributed by atoms with van der Waals surface area (Å²) in [4.78, 5) is 31.2. The van der Waals surface area contributed by atoms with Crippen molar-refractivity contribution in [1.29, 1.82) is 0 Å². The number of carbonyl (C=O) groups excluding carboxylic acids is 1. The van der Waals surface area contributed by atoms with Gasteiger partial charge in [-0.15, -0.1) is 0 Å². The zero-order valence-corrected chi connectivity index (χ0v) is 19.1. The Labute approximate surface area is 197 Å². The third-order valence-electron chi connectivity index (χ3n) is 5.57. The number of thiazole rings is 1. The monoisotopic (exact) mass is 474 g/mol. The van der Waals surface area contributed by atoms with E-state index in [2.05, 4.69) is 4.99 Å². The zero-order chi connectivity index (χ0) is 23.8. The van der Waals surface area contributed by atoms with E-state index in [1.54, 1.807) is 37.3 Å². The third-order valence-corrected chi connectivity index (χ3v) is 6.55. The van der Waals surface area contributed by atoms with Crippen LogP contribution in [0.4, 0.5) is 4.39 Å². The maximum absolute atomic E-state index is 13.5. The first-order chi connectivity index (χ1) is 16.5. The quantitative estimate of drug-likeness (QED) is 0.422. The lowest BCUT2D eigenvalue weighted by Crippen LogP contribution is -2.39. The molecule has 5 rings (SSSR count). The van der Waals surface area contributed by atoms with Crippen LogP contribution in [0.5, 0.6) is 0 Å². The van der Waals surface area contributed by atoms with Gasteiger partial charge in [-0.25, -0.2) is 14.2 Å². The smallest absolute Gasteiger partial charge is 0.338 e. The molecule has 8 heteroatoms. The summed E-state index contributed by atoms with van der Waals surface area (Å²) in [6.45, 7) is 1.74. The van der Waals surface area contributed by atoms with Crippen molar-refractivity contribution in [1.82, 2.24) is 4.57 Å². The largest absolute Gasteiger partial charge is 0.466 e. The number of nitrogens with zero attached hydrogens (tertiary/aromatic N) is 2. The molecule has 1 aliphatic heterocycles. The Morgan fingerprint density at radius 3 is 2.56 bits per heavy atom. The standard InChI is InChI=1S/C26H19FN2O4S/c1-15-22(25(31)32-2)23(17-6-4-3-5-7-17)29-24(30)21(34-26(29)28-15)14-19-12-13-20(33-19)16-8-10-18(27)11-9-16/h3-14,23H,1-2H3/b21-14-/t23-/m0/s1. The molecule has 0 spiro atoms. The van der Waals surface area contributed by atoms with E-state index in [-0.39, 0.29) is 11.4 Å². The van der Waals surface area contributed by atoms with E-state index in [9.17, 15) is 14.0 Å². The number of esters is 1. The molecule has 0 bridgehead atoms. The lowest BCUT2D eigenvalue weighted by atomic mass is 9.96. The Kier molecular flexibility index (Phi) is 5.59. The minimum absolute atomic E-state index is 0.286. The molecule has 6 nitrogen and oxygen atoms in total. The van der Waals surface area contributed by atoms with E-state index in [4.69, 9.17) is 9.15 Å². The number of benzene rings is 2. The van der Waals surface area contributed by atoms with E-state index >= 15 is 0 Å². The van der Waals surface area contributed by atoms with E-state index in [0.29, 0.717) is 32.1 Å². The van der Waals surface area contributed by atoms with Crippen molar-refractivity contribution in [2.45, 2.75) is 13.0 Å². The molecule has 1 atom stereocenters. The molecule has 3 heterocycles. The van der Waals surface area contributed by atoms with E-state index in [0.717, 1.165) is 11.1 Å². The van der Waals surface area contributed by atoms with Crippen molar-refractivity contribution in [2.75, 3.05) is 7.11 Å². The summed E-state index contributed by atoms with van der Waals surface area (Å²) in [5, 5.41) is 0. The average molecular weight is 475 g/mol. The number of hydrogen-bond donors (Lipinski definition) is 0. The first-order valence-electron chi connectivity index (χ1n) is 10.5. The molecule has 0 amide bonds. The number of allylic oxidation sites excluding steroid dienone is 1. The van der Waals surface area contributed by atoms with E-state index in [1.807, 2.05) is 30.3 Å². The second-order valence-electron chi connectivity index (χ2n) is 7.69. The van der Waals surface area contributed by atoms with Crippen LogP contribution >= 0.6 is 11.3 Å². The molecule has 0 unspecified atom stereocenters. The topological polar surface area (TPSA) is 73.8 Å². The van der Waals surface area contributed by atoms with Crippen LogP contribution in [0.1, 0.15) is 24.3 Å². The van der Waals surface area contributed by atoms with Crippen LogP contribution in [0.15, 0.2) is 92.2 Å². The molecule has 0 saturated carbocycles. The highest BCUT2D eigenvalue weighted by Crippen LogP contribution is 2.30. The first kappa shape index (κ1) is 21.8. The van der Waals surface area contributed by atoms with Crippen LogP contribution in [0.25, 0.3) is 17.4 Å². The van der Waals surface area contributed by atoms with Gasteiger partial charge in [-0.2, -0.15) is 0 Å². The summed E-state index contributed by atoms with van der Waals surface area (Å²) in [5.74, 6) is 0.181. The van der Waals surface area contributed by atoms with Crippen molar-refractivity contribution in [3.8, 4) is 11.3 Å². The molecule has 0 fully saturated rings. The molecule has 0 radical (unpaired) electrons. The molecular formula is C26H19FN2O4S. The summed E-state index contributed by atoms with van der Waals surface area (Å²) in [6, 6.07) is 18.2. The molecule has 0 saturated heterocycles. The molecule has 2 aromatic heterocycles. The van der Waals surface area contributed by atoms with Crippen LogP contribution in [0.2, 0.25) is 0 Å². The van der Waals surface area contributed by atoms with Gasteiger partial charge < -0.3 is 9.15 Å². The third kappa shape index (κ3) is 3.82. The van der Waals surface area contributed by atoms with Gasteiger partial charge in [0.25, 0.3) is 5.56 Å². The van der Waals surface area contributed by atoms with Crippen LogP contribution < -0.4 is 14.9 Å². The van der Waals surface area contributed by atoms with Crippen LogP contribution in [0.3, 0.4) is 0 Å². The summed E-state index contributed by atoms with van der Waals surface area (Å²) in [7, 11) is 1.31. The number of furan rings is 1. The summed E-state index contributed by atoms with van der Waals surface area (Å²) in [5.41, 5.74) is 2.05. The molecule has 4 aromatic rings. The molecule has 0 N–H and O–H groups in total. The van der Waals surface area contributed by atoms with Crippen LogP contribution in [-0.2, 0) is 9.53 Å². The van der Waals surface area contributed by atoms with Gasteiger partial charge in [-0.3, -0.25) is 9.36 Å². The summed E-state index contributed by atoms with van der Waals surface area (Å²) >= 11 is 1.22. The number of halogens is 1. The maximum atomic E-state index is 13.5. The Bertz CT molecular complexity index is 1590. The average Bonchev–Trinajstić information content (AvgIpc) is 3.43. The Balaban J connectivity index is 1.63. The highest BCUT2D eigenvalue weighted by atomic mass is 32.1. The predicted octanol–water partition coefficient (Wildman–Crippen LogP) is 3.81. The molecule has 1 aliphatic rings. The Morgan fingerprint density at radius 1 is 1.12 bits per heavy atom. The van der Waals surface area contributed by atoms with Gasteiger partial charge >= 0.3 is 5.97 Å². The van der Waals surface area contributed by atoms with Gasteiger partial charge in [0, 0.05) is 11.6 Å². The predicted molar refractivity (Wildman–Crippen MR) is 126 cm³/mol. The number of hydrogen-bond acceptors (Lipinski definition) is 6. The minimum Gasteiger partial charge on any atom is -0.466 e. The van der Waals surface area contributed by atoms with E-state index in [1.165, 1.54) is 35.1 Å². The maximum Gasteiger partial charge on any atom is 0.338 e. The first-order valence-corrected chi connectivity index (χ1v) is 11.3. The molecule has 34 heavy (non-hydrogen) atoms. The fraction of sp³-hybridized carbons (Fsp3) is 0.115. The van der Waals surface area contributed by atoms with Crippen molar-refractivity contribution in [3.05, 3.63) is 115 Å². The van der Waals surface area contributed by atoms with E-state index < -0.39 is 12.0 Å². The molecule has 0 aliphatic carbocycles.